The number of imide groups is 1. The third-order valence-electron chi connectivity index (χ3n) is 3.89. The molecule has 0 unspecified atom stereocenters. The molecule has 0 saturated heterocycles. The average Bonchev–Trinajstić information content (AvgIpc) is 2.90. The summed E-state index contributed by atoms with van der Waals surface area (Å²) in [5, 5.41) is 13.5. The topological polar surface area (TPSA) is 122 Å². The van der Waals surface area contributed by atoms with Gasteiger partial charge >= 0.3 is 12.0 Å². The molecule has 1 aromatic rings. The molecular formula is C18H24N4O5. The average molecular weight is 376 g/mol. The number of ether oxygens (including phenoxy) is 2. The zero-order valence-corrected chi connectivity index (χ0v) is 16.1. The van der Waals surface area contributed by atoms with Gasteiger partial charge in [-0.05, 0) is 38.5 Å². The first-order valence-corrected chi connectivity index (χ1v) is 8.26. The number of hydrogen-bond acceptors (Lipinski definition) is 6. The van der Waals surface area contributed by atoms with E-state index in [0.29, 0.717) is 18.7 Å². The van der Waals surface area contributed by atoms with E-state index in [4.69, 9.17) is 9.47 Å². The van der Waals surface area contributed by atoms with Gasteiger partial charge in [0.2, 0.25) is 0 Å². The fourth-order valence-corrected chi connectivity index (χ4v) is 2.35. The number of carbonyl (C=O) groups excluding carboxylic acids is 3. The number of nitrogens with zero attached hydrogens (tertiary/aromatic N) is 2. The molecule has 1 rings (SSSR count). The summed E-state index contributed by atoms with van der Waals surface area (Å²) in [5.74, 6) is -1.74. The Bertz CT molecular complexity index is 788. The van der Waals surface area contributed by atoms with Crippen LogP contribution in [0.2, 0.25) is 0 Å². The predicted molar refractivity (Wildman–Crippen MR) is 97.5 cm³/mol. The minimum absolute atomic E-state index is 0.249. The van der Waals surface area contributed by atoms with Crippen LogP contribution in [-0.4, -0.2) is 49.3 Å². The first kappa shape index (κ1) is 21.9. The number of amides is 3. The molecule has 0 aliphatic heterocycles. The lowest BCUT2D eigenvalue weighted by atomic mass is 10.1. The van der Waals surface area contributed by atoms with Gasteiger partial charge in [0.15, 0.2) is 6.10 Å². The molecule has 146 valence electrons. The summed E-state index contributed by atoms with van der Waals surface area (Å²) in [6, 6.07) is 2.91. The third-order valence-corrected chi connectivity index (χ3v) is 3.89. The van der Waals surface area contributed by atoms with E-state index in [9.17, 15) is 19.6 Å². The van der Waals surface area contributed by atoms with Crippen molar-refractivity contribution in [2.24, 2.45) is 0 Å². The van der Waals surface area contributed by atoms with Crippen molar-refractivity contribution in [1.29, 1.82) is 5.26 Å². The summed E-state index contributed by atoms with van der Waals surface area (Å²) in [6.07, 6.45) is 0.179. The van der Waals surface area contributed by atoms with Crippen molar-refractivity contribution in [3.05, 3.63) is 28.6 Å². The number of hydrogen-bond donors (Lipinski definition) is 2. The van der Waals surface area contributed by atoms with Crippen LogP contribution in [-0.2, 0) is 25.6 Å². The van der Waals surface area contributed by atoms with E-state index in [0.717, 1.165) is 11.4 Å². The Labute approximate surface area is 157 Å². The largest absolute Gasteiger partial charge is 0.448 e. The first-order valence-electron chi connectivity index (χ1n) is 8.26. The molecule has 1 aromatic heterocycles. The molecule has 27 heavy (non-hydrogen) atoms. The van der Waals surface area contributed by atoms with Gasteiger partial charge in [0.25, 0.3) is 5.91 Å². The van der Waals surface area contributed by atoms with Crippen molar-refractivity contribution >= 4 is 24.0 Å². The Hall–Kier alpha value is -3.12. The highest BCUT2D eigenvalue weighted by Gasteiger charge is 2.22. The summed E-state index contributed by atoms with van der Waals surface area (Å²) in [4.78, 5) is 35.1. The lowest BCUT2D eigenvalue weighted by Crippen LogP contribution is -2.43. The Morgan fingerprint density at radius 2 is 2.04 bits per heavy atom. The minimum atomic E-state index is -1.24. The van der Waals surface area contributed by atoms with Gasteiger partial charge in [-0.3, -0.25) is 10.1 Å². The van der Waals surface area contributed by atoms with Gasteiger partial charge in [0.1, 0.15) is 11.6 Å². The lowest BCUT2D eigenvalue weighted by molar-refractivity contribution is -0.150. The molecule has 0 aliphatic rings. The van der Waals surface area contributed by atoms with Crippen molar-refractivity contribution in [2.45, 2.75) is 33.4 Å². The summed E-state index contributed by atoms with van der Waals surface area (Å²) in [7, 11) is 2.96. The molecule has 0 saturated carbocycles. The van der Waals surface area contributed by atoms with Crippen LogP contribution in [0.1, 0.15) is 23.9 Å². The Balaban J connectivity index is 2.94. The number of aryl methyl sites for hydroxylation is 1. The van der Waals surface area contributed by atoms with Crippen molar-refractivity contribution < 1.29 is 23.9 Å². The van der Waals surface area contributed by atoms with Crippen molar-refractivity contribution in [1.82, 2.24) is 15.2 Å². The smallest absolute Gasteiger partial charge is 0.349 e. The number of aromatic nitrogens is 1. The molecule has 2 N–H and O–H groups in total. The first-order chi connectivity index (χ1) is 12.7. The van der Waals surface area contributed by atoms with E-state index in [1.165, 1.54) is 20.0 Å². The molecule has 3 amide bonds. The quantitative estimate of drug-likeness (QED) is 0.417. The van der Waals surface area contributed by atoms with Crippen LogP contribution in [0.15, 0.2) is 11.6 Å². The minimum Gasteiger partial charge on any atom is -0.448 e. The number of esters is 1. The zero-order valence-electron chi connectivity index (χ0n) is 16.1. The highest BCUT2D eigenvalue weighted by Crippen LogP contribution is 2.19. The Morgan fingerprint density at radius 1 is 1.37 bits per heavy atom. The van der Waals surface area contributed by atoms with E-state index in [1.807, 2.05) is 29.8 Å². The van der Waals surface area contributed by atoms with Gasteiger partial charge in [-0.15, -0.1) is 0 Å². The van der Waals surface area contributed by atoms with E-state index < -0.39 is 24.0 Å². The SMILES string of the molecule is CNC(=O)NC(=O)[C@@H](C)OC(=O)/C(C#N)=C/c1cc(C)n(CCOC)c1C. The number of nitrogens with one attached hydrogen (secondary N) is 2. The van der Waals surface area contributed by atoms with Gasteiger partial charge in [0, 0.05) is 32.1 Å². The number of nitriles is 1. The molecule has 9 heteroatoms. The maximum atomic E-state index is 12.2. The molecule has 1 atom stereocenters. The van der Waals surface area contributed by atoms with Crippen molar-refractivity contribution in [3.8, 4) is 6.07 Å². The van der Waals surface area contributed by atoms with Crippen LogP contribution in [0.25, 0.3) is 6.08 Å². The third kappa shape index (κ3) is 5.97. The van der Waals surface area contributed by atoms with E-state index in [2.05, 4.69) is 5.32 Å². The Morgan fingerprint density at radius 3 is 2.59 bits per heavy atom. The summed E-state index contributed by atoms with van der Waals surface area (Å²) in [6.45, 7) is 6.27. The Kier molecular flexibility index (Phi) is 8.23. The maximum absolute atomic E-state index is 12.2. The molecule has 0 spiro atoms. The van der Waals surface area contributed by atoms with Gasteiger partial charge in [-0.2, -0.15) is 5.26 Å². The van der Waals surface area contributed by atoms with Gasteiger partial charge in [0.05, 0.1) is 6.61 Å². The fraction of sp³-hybridized carbons (Fsp3) is 0.444. The highest BCUT2D eigenvalue weighted by atomic mass is 16.5. The molecule has 0 radical (unpaired) electrons. The summed E-state index contributed by atoms with van der Waals surface area (Å²) >= 11 is 0. The molecule has 0 aromatic carbocycles. The summed E-state index contributed by atoms with van der Waals surface area (Å²) < 4.78 is 12.1. The predicted octanol–water partition coefficient (Wildman–Crippen LogP) is 1.05. The normalized spacial score (nSPS) is 12.1. The zero-order chi connectivity index (χ0) is 20.6. The van der Waals surface area contributed by atoms with Crippen LogP contribution in [0.5, 0.6) is 0 Å². The van der Waals surface area contributed by atoms with Crippen LogP contribution in [0.4, 0.5) is 4.79 Å². The van der Waals surface area contributed by atoms with Crippen LogP contribution in [0, 0.1) is 25.2 Å². The highest BCUT2D eigenvalue weighted by molar-refractivity contribution is 6.01. The molecule has 0 fully saturated rings. The summed E-state index contributed by atoms with van der Waals surface area (Å²) in [5.41, 5.74) is 2.27. The van der Waals surface area contributed by atoms with E-state index >= 15 is 0 Å². The molecular weight excluding hydrogens is 352 g/mol. The maximum Gasteiger partial charge on any atom is 0.349 e. The van der Waals surface area contributed by atoms with Gasteiger partial charge in [-0.25, -0.2) is 9.59 Å². The van der Waals surface area contributed by atoms with Crippen molar-refractivity contribution in [3.63, 3.8) is 0 Å². The van der Waals surface area contributed by atoms with Crippen LogP contribution >= 0.6 is 0 Å². The number of carbonyl (C=O) groups is 3. The van der Waals surface area contributed by atoms with E-state index in [-0.39, 0.29) is 5.57 Å². The van der Waals surface area contributed by atoms with Crippen LogP contribution < -0.4 is 10.6 Å². The van der Waals surface area contributed by atoms with Crippen LogP contribution in [0.3, 0.4) is 0 Å². The fourth-order valence-electron chi connectivity index (χ4n) is 2.35. The van der Waals surface area contributed by atoms with Gasteiger partial charge < -0.3 is 19.4 Å². The standard InChI is InChI=1S/C18H24N4O5/c1-11-8-14(12(2)22(11)6-7-26-5)9-15(10-19)17(24)27-13(3)16(23)21-18(25)20-4/h8-9,13H,6-7H2,1-5H3,(H2,20,21,23,25)/b15-9+/t13-/m1/s1. The number of urea groups is 1. The number of rotatable bonds is 7. The monoisotopic (exact) mass is 376 g/mol. The lowest BCUT2D eigenvalue weighted by Gasteiger charge is -2.12. The van der Waals surface area contributed by atoms with Gasteiger partial charge in [-0.1, -0.05) is 0 Å². The second-order valence-corrected chi connectivity index (χ2v) is 5.76. The molecule has 1 heterocycles. The van der Waals surface area contributed by atoms with Crippen molar-refractivity contribution in [2.75, 3.05) is 20.8 Å². The van der Waals surface area contributed by atoms with E-state index in [1.54, 1.807) is 13.2 Å². The second kappa shape index (κ2) is 10.1. The molecule has 0 aliphatic carbocycles. The second-order valence-electron chi connectivity index (χ2n) is 5.76. The molecule has 0 bridgehead atoms. The molecule has 9 nitrogen and oxygen atoms in total. The number of methoxy groups -OCH3 is 1.